The van der Waals surface area contributed by atoms with Crippen LogP contribution in [-0.2, 0) is 16.6 Å². The maximum atomic E-state index is 12.6. The summed E-state index contributed by atoms with van der Waals surface area (Å²) in [5, 5.41) is 8.53. The van der Waals surface area contributed by atoms with Gasteiger partial charge in [0.05, 0.1) is 27.8 Å². The average molecular weight is 641 g/mol. The summed E-state index contributed by atoms with van der Waals surface area (Å²) in [5.41, 5.74) is 3.59. The Morgan fingerprint density at radius 3 is 2.77 bits per heavy atom. The molecule has 0 aliphatic heterocycles. The van der Waals surface area contributed by atoms with Crippen LogP contribution >= 0.6 is 27.5 Å². The summed E-state index contributed by atoms with van der Waals surface area (Å²) in [6, 6.07) is 8.34. The highest BCUT2D eigenvalue weighted by atomic mass is 79.9. The molecule has 0 amide bonds. The number of nitrogens with one attached hydrogen (secondary N) is 2. The van der Waals surface area contributed by atoms with Crippen LogP contribution in [0.1, 0.15) is 19.0 Å². The van der Waals surface area contributed by atoms with Crippen LogP contribution in [0.5, 0.6) is 0 Å². The number of aliphatic imine (C=N–C) groups is 1. The predicted molar refractivity (Wildman–Crippen MR) is 167 cm³/mol. The number of hydrogen-bond donors (Lipinski definition) is 2. The van der Waals surface area contributed by atoms with E-state index in [2.05, 4.69) is 49.8 Å². The minimum atomic E-state index is -3.60. The van der Waals surface area contributed by atoms with Crippen LogP contribution in [0.3, 0.4) is 0 Å². The van der Waals surface area contributed by atoms with Crippen LogP contribution in [-0.4, -0.2) is 37.0 Å². The molecule has 0 spiro atoms. The van der Waals surface area contributed by atoms with Crippen molar-refractivity contribution in [1.29, 1.82) is 0 Å². The molecule has 0 saturated heterocycles. The quantitative estimate of drug-likeness (QED) is 0.283. The molecule has 0 bridgehead atoms. The molecule has 0 radical (unpaired) electrons. The summed E-state index contributed by atoms with van der Waals surface area (Å²) in [6.45, 7) is 7.28. The van der Waals surface area contributed by atoms with Gasteiger partial charge >= 0.3 is 0 Å². The number of benzene rings is 1. The zero-order chi connectivity index (χ0) is 28.5. The van der Waals surface area contributed by atoms with Crippen molar-refractivity contribution >= 4 is 49.1 Å². The first-order valence-corrected chi connectivity index (χ1v) is 15.4. The average Bonchev–Trinajstić information content (AvgIpc) is 3.09. The fraction of sp³-hybridized carbons (Fsp3) is 0.200. The third kappa shape index (κ3) is 7.91. The highest BCUT2D eigenvalue weighted by Crippen LogP contribution is 2.23. The van der Waals surface area contributed by atoms with E-state index in [0.29, 0.717) is 23.9 Å². The monoisotopic (exact) mass is 639 g/mol. The van der Waals surface area contributed by atoms with Crippen LogP contribution in [0.15, 0.2) is 128 Å². The van der Waals surface area contributed by atoms with E-state index in [9.17, 15) is 8.42 Å². The third-order valence-electron chi connectivity index (χ3n) is 6.35. The minimum absolute atomic E-state index is 0.0103. The van der Waals surface area contributed by atoms with E-state index in [1.54, 1.807) is 41.2 Å². The second kappa shape index (κ2) is 13.9. The second-order valence-electron chi connectivity index (χ2n) is 9.19. The smallest absolute Gasteiger partial charge is 0.240 e. The molecule has 40 heavy (non-hydrogen) atoms. The van der Waals surface area contributed by atoms with Crippen LogP contribution in [0, 0.1) is 5.92 Å². The van der Waals surface area contributed by atoms with E-state index >= 15 is 0 Å². The van der Waals surface area contributed by atoms with Crippen molar-refractivity contribution in [1.82, 2.24) is 19.8 Å². The number of sulfonamides is 1. The number of halogens is 2. The molecule has 208 valence electrons. The van der Waals surface area contributed by atoms with Crippen LogP contribution in [0.4, 0.5) is 0 Å². The van der Waals surface area contributed by atoms with E-state index in [-0.39, 0.29) is 17.4 Å². The van der Waals surface area contributed by atoms with Gasteiger partial charge in [-0.05, 0) is 58.6 Å². The zero-order valence-corrected chi connectivity index (χ0v) is 25.3. The third-order valence-corrected chi connectivity index (χ3v) is 8.78. The Bertz CT molecular complexity index is 1560. The number of allylic oxidation sites excluding steroid dienone is 8. The molecule has 2 aromatic rings. The van der Waals surface area contributed by atoms with Gasteiger partial charge in [0.1, 0.15) is 5.82 Å². The Morgan fingerprint density at radius 1 is 1.20 bits per heavy atom. The summed E-state index contributed by atoms with van der Waals surface area (Å²) in [5.74, 6) is 0.618. The van der Waals surface area contributed by atoms with Gasteiger partial charge in [-0.2, -0.15) is 5.10 Å². The molecule has 0 fully saturated rings. The van der Waals surface area contributed by atoms with Crippen molar-refractivity contribution in [2.45, 2.75) is 24.8 Å². The van der Waals surface area contributed by atoms with Crippen molar-refractivity contribution in [3.8, 4) is 0 Å². The van der Waals surface area contributed by atoms with Crippen molar-refractivity contribution in [3.05, 3.63) is 124 Å². The predicted octanol–water partition coefficient (Wildman–Crippen LogP) is 6.28. The molecular formula is C30H31BrClN5O2S. The van der Waals surface area contributed by atoms with Gasteiger partial charge in [-0.1, -0.05) is 85.0 Å². The molecule has 0 saturated carbocycles. The lowest BCUT2D eigenvalue weighted by Gasteiger charge is -2.16. The lowest BCUT2D eigenvalue weighted by Crippen LogP contribution is -2.26. The molecule has 1 aromatic carbocycles. The first-order valence-electron chi connectivity index (χ1n) is 12.7. The summed E-state index contributed by atoms with van der Waals surface area (Å²) in [7, 11) is -3.60. The van der Waals surface area contributed by atoms with Gasteiger partial charge in [0.2, 0.25) is 10.0 Å². The summed E-state index contributed by atoms with van der Waals surface area (Å²) in [4.78, 5) is 5.02. The second-order valence-corrected chi connectivity index (χ2v) is 12.2. The Labute approximate surface area is 249 Å². The lowest BCUT2D eigenvalue weighted by atomic mass is 10.1. The zero-order valence-electron chi connectivity index (χ0n) is 22.1. The Kier molecular flexibility index (Phi) is 10.3. The number of aromatic nitrogens is 2. The van der Waals surface area contributed by atoms with Gasteiger partial charge in [-0.15, -0.1) is 0 Å². The number of rotatable bonds is 11. The Balaban J connectivity index is 1.39. The summed E-state index contributed by atoms with van der Waals surface area (Å²) < 4.78 is 30.5. The molecule has 2 N–H and O–H groups in total. The van der Waals surface area contributed by atoms with Crippen molar-refractivity contribution in [2.24, 2.45) is 10.9 Å². The largest absolute Gasteiger partial charge is 0.370 e. The molecule has 1 atom stereocenters. The highest BCUT2D eigenvalue weighted by molar-refractivity contribution is 9.10. The maximum absolute atomic E-state index is 12.6. The Morgan fingerprint density at radius 2 is 1.98 bits per heavy atom. The highest BCUT2D eigenvalue weighted by Gasteiger charge is 2.16. The molecule has 1 heterocycles. The molecule has 7 nitrogen and oxygen atoms in total. The summed E-state index contributed by atoms with van der Waals surface area (Å²) in [6.07, 6.45) is 20.1. The first-order chi connectivity index (χ1) is 19.2. The van der Waals surface area contributed by atoms with Crippen LogP contribution in [0.2, 0.25) is 0 Å². The van der Waals surface area contributed by atoms with Gasteiger partial charge in [0.15, 0.2) is 0 Å². The number of nitrogens with zero attached hydrogens (tertiary/aromatic N) is 3. The van der Waals surface area contributed by atoms with E-state index in [4.69, 9.17) is 16.6 Å². The minimum Gasteiger partial charge on any atom is -0.370 e. The van der Waals surface area contributed by atoms with Crippen LogP contribution in [0.25, 0.3) is 5.82 Å². The van der Waals surface area contributed by atoms with E-state index in [0.717, 1.165) is 33.4 Å². The SMILES string of the molecule is C=C(NCC1C=CC=CC(CNS(=O)(=O)c2ccccc2)=C1)n1ncc(Br)c1CN=C(C)C1=C(Cl)C=CC=CC1. The van der Waals surface area contributed by atoms with Gasteiger partial charge in [0, 0.05) is 29.8 Å². The number of hydrogen-bond acceptors (Lipinski definition) is 5. The molecular weight excluding hydrogens is 610 g/mol. The first kappa shape index (κ1) is 29.7. The fourth-order valence-electron chi connectivity index (χ4n) is 4.13. The van der Waals surface area contributed by atoms with Gasteiger partial charge in [-0.25, -0.2) is 17.8 Å². The lowest BCUT2D eigenvalue weighted by molar-refractivity contribution is 0.585. The standard InChI is InChI=1S/C30H31BrClN5O2S/c1-22(27-15-7-4-8-16-29(27)32)33-21-30-28(31)20-35-37(30)23(2)34-18-24-11-9-10-12-25(17-24)19-36-40(38,39)26-13-5-3-6-14-26/h3-14,16-17,20,24,34,36H,2,15,18-19,21H2,1H3. The molecule has 2 aliphatic rings. The van der Waals surface area contributed by atoms with Gasteiger partial charge < -0.3 is 5.32 Å². The molecule has 1 aromatic heterocycles. The molecule has 10 heteroatoms. The fourth-order valence-corrected chi connectivity index (χ4v) is 5.84. The summed E-state index contributed by atoms with van der Waals surface area (Å²) >= 11 is 10.0. The van der Waals surface area contributed by atoms with E-state index < -0.39 is 10.0 Å². The van der Waals surface area contributed by atoms with E-state index in [1.807, 2.05) is 49.5 Å². The molecule has 2 aliphatic carbocycles. The van der Waals surface area contributed by atoms with Gasteiger partial charge in [0.25, 0.3) is 0 Å². The van der Waals surface area contributed by atoms with Gasteiger partial charge in [-0.3, -0.25) is 4.99 Å². The van der Waals surface area contributed by atoms with Crippen LogP contribution < -0.4 is 10.0 Å². The molecule has 1 unspecified atom stereocenters. The van der Waals surface area contributed by atoms with E-state index in [1.165, 1.54) is 0 Å². The van der Waals surface area contributed by atoms with Crippen molar-refractivity contribution in [3.63, 3.8) is 0 Å². The normalized spacial score (nSPS) is 17.5. The topological polar surface area (TPSA) is 88.4 Å². The maximum Gasteiger partial charge on any atom is 0.240 e. The molecule has 4 rings (SSSR count). The van der Waals surface area contributed by atoms with Crippen molar-refractivity contribution < 1.29 is 8.42 Å². The van der Waals surface area contributed by atoms with Crippen molar-refractivity contribution in [2.75, 3.05) is 13.1 Å². The Hall–Kier alpha value is -3.24.